The highest BCUT2D eigenvalue weighted by atomic mass is 16.6. The number of rotatable bonds is 11. The number of aliphatic hydroxyl groups is 1. The molecule has 2 rings (SSSR count). The third kappa shape index (κ3) is 11.0. The van der Waals surface area contributed by atoms with Crippen molar-refractivity contribution in [2.45, 2.75) is 91.1 Å². The molecule has 0 radical (unpaired) electrons. The van der Waals surface area contributed by atoms with E-state index in [9.17, 15) is 29.5 Å². The number of carbonyl (C=O) groups excluding carboxylic acids is 4. The molecule has 3 amide bonds. The number of benzene rings is 2. The summed E-state index contributed by atoms with van der Waals surface area (Å²) in [5, 5.41) is 24.9. The maximum absolute atomic E-state index is 14.2. The van der Waals surface area contributed by atoms with E-state index < -0.39 is 66.4 Å². The summed E-state index contributed by atoms with van der Waals surface area (Å²) < 4.78 is 10.8. The average molecular weight is 609 g/mol. The number of hydrogen-bond donors (Lipinski definition) is 3. The number of alkyl carbamates (subject to hydrolysis) is 1. The zero-order valence-corrected chi connectivity index (χ0v) is 26.8. The Balaban J connectivity index is 2.57. The average Bonchev–Trinajstić information content (AvgIpc) is 2.91. The zero-order chi connectivity index (χ0) is 33.2. The van der Waals surface area contributed by atoms with Gasteiger partial charge in [-0.25, -0.2) is 9.59 Å². The van der Waals surface area contributed by atoms with Crippen molar-refractivity contribution in [3.8, 4) is 6.07 Å². The molecular weight excluding hydrogens is 564 g/mol. The zero-order valence-electron chi connectivity index (χ0n) is 26.8. The molecule has 3 N–H and O–H groups in total. The summed E-state index contributed by atoms with van der Waals surface area (Å²) in [6, 6.07) is 12.0. The van der Waals surface area contributed by atoms with Gasteiger partial charge >= 0.3 is 12.1 Å². The number of aliphatic hydroxyl groups excluding tert-OH is 1. The van der Waals surface area contributed by atoms with Gasteiger partial charge in [-0.1, -0.05) is 48.5 Å². The lowest BCUT2D eigenvalue weighted by atomic mass is 9.97. The third-order valence-corrected chi connectivity index (χ3v) is 6.39. The Hall–Kier alpha value is -4.43. The smallest absolute Gasteiger partial charge is 0.408 e. The number of ether oxygens (including phenoxy) is 2. The fourth-order valence-electron chi connectivity index (χ4n) is 4.28. The Morgan fingerprint density at radius 3 is 2.02 bits per heavy atom. The molecule has 2 aromatic carbocycles. The van der Waals surface area contributed by atoms with E-state index in [2.05, 4.69) is 10.6 Å². The molecule has 0 aliphatic heterocycles. The highest BCUT2D eigenvalue weighted by molar-refractivity contribution is 5.94. The van der Waals surface area contributed by atoms with E-state index in [1.165, 1.54) is 0 Å². The molecule has 3 atom stereocenters. The minimum atomic E-state index is -1.52. The normalized spacial score (nSPS) is 13.5. The largest absolute Gasteiger partial charge is 0.458 e. The monoisotopic (exact) mass is 608 g/mol. The summed E-state index contributed by atoms with van der Waals surface area (Å²) in [7, 11) is 0. The van der Waals surface area contributed by atoms with E-state index in [1.807, 2.05) is 38.1 Å². The Bertz CT molecular complexity index is 1360. The van der Waals surface area contributed by atoms with Gasteiger partial charge in [0.1, 0.15) is 35.9 Å². The molecule has 3 unspecified atom stereocenters. The van der Waals surface area contributed by atoms with Gasteiger partial charge in [0.25, 0.3) is 0 Å². The first-order chi connectivity index (χ1) is 20.5. The van der Waals surface area contributed by atoms with Crippen LogP contribution in [0.4, 0.5) is 4.79 Å². The number of carbonyl (C=O) groups is 4. The second-order valence-corrected chi connectivity index (χ2v) is 12.5. The fraction of sp³-hybridized carbons (Fsp3) is 0.485. The summed E-state index contributed by atoms with van der Waals surface area (Å²) in [5.41, 5.74) is 1.17. The SMILES string of the molecule is Cc1ccc(C(C(=O)NC(Cc2ccccc2)C(=O)OC(C)(C)C)N(CC#N)C(=O)C(CO)NC(=O)OC(C)(C)C)cc1C. The van der Waals surface area contributed by atoms with Gasteiger partial charge in [-0.2, -0.15) is 5.26 Å². The van der Waals surface area contributed by atoms with Crippen LogP contribution in [0.25, 0.3) is 0 Å². The molecule has 0 bridgehead atoms. The first-order valence-corrected chi connectivity index (χ1v) is 14.4. The Morgan fingerprint density at radius 1 is 0.886 bits per heavy atom. The minimum Gasteiger partial charge on any atom is -0.458 e. The number of nitriles is 1. The maximum atomic E-state index is 14.2. The van der Waals surface area contributed by atoms with Crippen molar-refractivity contribution < 1.29 is 33.8 Å². The van der Waals surface area contributed by atoms with Gasteiger partial charge in [0.2, 0.25) is 11.8 Å². The molecule has 2 aromatic rings. The second kappa shape index (κ2) is 15.3. The predicted molar refractivity (Wildman–Crippen MR) is 164 cm³/mol. The molecular formula is C33H44N4O7. The maximum Gasteiger partial charge on any atom is 0.408 e. The Morgan fingerprint density at radius 2 is 1.50 bits per heavy atom. The van der Waals surface area contributed by atoms with Crippen LogP contribution in [-0.4, -0.2) is 70.3 Å². The van der Waals surface area contributed by atoms with Crippen LogP contribution in [0.15, 0.2) is 48.5 Å². The molecule has 11 nitrogen and oxygen atoms in total. The lowest BCUT2D eigenvalue weighted by Crippen LogP contribution is -2.56. The van der Waals surface area contributed by atoms with Gasteiger partial charge in [0.05, 0.1) is 12.7 Å². The van der Waals surface area contributed by atoms with Crippen molar-refractivity contribution in [1.29, 1.82) is 5.26 Å². The number of nitrogens with zero attached hydrogens (tertiary/aromatic N) is 2. The van der Waals surface area contributed by atoms with Crippen LogP contribution >= 0.6 is 0 Å². The summed E-state index contributed by atoms with van der Waals surface area (Å²) in [5.74, 6) is -2.32. The number of esters is 1. The number of amides is 3. The van der Waals surface area contributed by atoms with E-state index >= 15 is 0 Å². The highest BCUT2D eigenvalue weighted by Crippen LogP contribution is 2.25. The fourth-order valence-corrected chi connectivity index (χ4v) is 4.28. The van der Waals surface area contributed by atoms with Gasteiger partial charge < -0.3 is 30.1 Å². The molecule has 0 aromatic heterocycles. The van der Waals surface area contributed by atoms with Crippen molar-refractivity contribution >= 4 is 23.9 Å². The molecule has 11 heteroatoms. The third-order valence-electron chi connectivity index (χ3n) is 6.39. The van der Waals surface area contributed by atoms with Gasteiger partial charge in [0, 0.05) is 6.42 Å². The van der Waals surface area contributed by atoms with Crippen molar-refractivity contribution in [2.24, 2.45) is 0 Å². The number of aryl methyl sites for hydroxylation is 2. The van der Waals surface area contributed by atoms with Gasteiger partial charge in [-0.3, -0.25) is 9.59 Å². The van der Waals surface area contributed by atoms with Crippen LogP contribution in [0.5, 0.6) is 0 Å². The molecule has 0 spiro atoms. The van der Waals surface area contributed by atoms with Crippen LogP contribution < -0.4 is 10.6 Å². The lowest BCUT2D eigenvalue weighted by molar-refractivity contribution is -0.159. The Kier molecular flexibility index (Phi) is 12.5. The molecule has 0 saturated heterocycles. The Labute approximate surface area is 259 Å². The number of hydrogen-bond acceptors (Lipinski definition) is 8. The predicted octanol–water partition coefficient (Wildman–Crippen LogP) is 3.65. The molecule has 238 valence electrons. The number of nitrogens with one attached hydrogen (secondary N) is 2. The summed E-state index contributed by atoms with van der Waals surface area (Å²) >= 11 is 0. The van der Waals surface area contributed by atoms with E-state index in [0.29, 0.717) is 5.56 Å². The van der Waals surface area contributed by atoms with Crippen LogP contribution in [0, 0.1) is 25.2 Å². The molecule has 0 saturated carbocycles. The highest BCUT2D eigenvalue weighted by Gasteiger charge is 2.38. The summed E-state index contributed by atoms with van der Waals surface area (Å²) in [6.07, 6.45) is -0.853. The second-order valence-electron chi connectivity index (χ2n) is 12.5. The van der Waals surface area contributed by atoms with Gasteiger partial charge in [-0.15, -0.1) is 0 Å². The van der Waals surface area contributed by atoms with Crippen molar-refractivity contribution in [2.75, 3.05) is 13.2 Å². The van der Waals surface area contributed by atoms with Crippen molar-refractivity contribution in [1.82, 2.24) is 15.5 Å². The first-order valence-electron chi connectivity index (χ1n) is 14.4. The van der Waals surface area contributed by atoms with Crippen molar-refractivity contribution in [3.63, 3.8) is 0 Å². The van der Waals surface area contributed by atoms with Crippen LogP contribution in [0.1, 0.15) is 69.8 Å². The minimum absolute atomic E-state index is 0.104. The quantitative estimate of drug-likeness (QED) is 0.258. The molecule has 0 aliphatic carbocycles. The molecule has 44 heavy (non-hydrogen) atoms. The lowest BCUT2D eigenvalue weighted by Gasteiger charge is -2.33. The van der Waals surface area contributed by atoms with E-state index in [0.717, 1.165) is 21.6 Å². The van der Waals surface area contributed by atoms with E-state index in [4.69, 9.17) is 9.47 Å². The van der Waals surface area contributed by atoms with Crippen molar-refractivity contribution in [3.05, 3.63) is 70.8 Å². The first kappa shape index (κ1) is 35.8. The molecule has 0 aliphatic rings. The van der Waals surface area contributed by atoms with Gasteiger partial charge in [0.15, 0.2) is 0 Å². The molecule has 0 heterocycles. The van der Waals surface area contributed by atoms with Crippen LogP contribution in [0.2, 0.25) is 0 Å². The standard InChI is InChI=1S/C33H44N4O7/c1-21-14-15-24(18-22(21)2)27(37(17-16-34)29(40)26(20-38)36-31(42)44-33(6,7)8)28(39)35-25(30(41)43-32(3,4)5)19-23-12-10-9-11-13-23/h9-15,18,25-27,38H,17,19-20H2,1-8H3,(H,35,39)(H,36,42). The van der Waals surface area contributed by atoms with E-state index in [1.54, 1.807) is 71.9 Å². The summed E-state index contributed by atoms with van der Waals surface area (Å²) in [4.78, 5) is 54.7. The molecule has 0 fully saturated rings. The van der Waals surface area contributed by atoms with E-state index in [-0.39, 0.29) is 6.42 Å². The topological polar surface area (TPSA) is 158 Å². The van der Waals surface area contributed by atoms with Crippen LogP contribution in [-0.2, 0) is 30.3 Å². The summed E-state index contributed by atoms with van der Waals surface area (Å²) in [6.45, 7) is 12.4. The van der Waals surface area contributed by atoms with Crippen LogP contribution in [0.3, 0.4) is 0 Å². The van der Waals surface area contributed by atoms with Gasteiger partial charge in [-0.05, 0) is 77.6 Å².